The van der Waals surface area contributed by atoms with Crippen molar-refractivity contribution in [2.45, 2.75) is 29.7 Å². The first kappa shape index (κ1) is 33.8. The standard InChI is InChI=1S/C32H36F2N6O6S/c1-5-46-32(42)40-29-9-7-24(47(43,44)25-15-21(33)14-22(34)16-25)18-27(29)30(37-40)36-31(41)26-8-6-23(39-12-10-38(3)11-13-39)17-28(26)35-20(2)19-45-4/h6-9,14-18,20,35H,5,10-13,19H2,1-4H3,(H,36,37,41)/t20-/m0/s1. The number of sulfone groups is 1. The van der Waals surface area contributed by atoms with Crippen LogP contribution in [0, 0.1) is 11.6 Å². The number of hydrogen-bond acceptors (Lipinski definition) is 10. The molecule has 0 bridgehead atoms. The van der Waals surface area contributed by atoms with E-state index in [1.165, 1.54) is 18.2 Å². The highest BCUT2D eigenvalue weighted by atomic mass is 32.2. The van der Waals surface area contributed by atoms with Crippen molar-refractivity contribution >= 4 is 49.9 Å². The molecule has 12 nitrogen and oxygen atoms in total. The third-order valence-electron chi connectivity index (χ3n) is 7.72. The summed E-state index contributed by atoms with van der Waals surface area (Å²) in [6, 6.07) is 10.9. The summed E-state index contributed by atoms with van der Waals surface area (Å²) in [5.74, 6) is -2.83. The van der Waals surface area contributed by atoms with Gasteiger partial charge in [0, 0.05) is 62.2 Å². The van der Waals surface area contributed by atoms with E-state index in [0.29, 0.717) is 30.5 Å². The maximum absolute atomic E-state index is 13.9. The van der Waals surface area contributed by atoms with Gasteiger partial charge in [-0.3, -0.25) is 4.79 Å². The van der Waals surface area contributed by atoms with E-state index in [1.807, 2.05) is 19.1 Å². The van der Waals surface area contributed by atoms with Crippen LogP contribution in [-0.4, -0.2) is 94.7 Å². The van der Waals surface area contributed by atoms with E-state index in [9.17, 15) is 26.8 Å². The van der Waals surface area contributed by atoms with Gasteiger partial charge in [0.05, 0.1) is 34.1 Å². The van der Waals surface area contributed by atoms with Crippen molar-refractivity contribution < 1.29 is 36.3 Å². The van der Waals surface area contributed by atoms with Crippen molar-refractivity contribution in [2.75, 3.05) is 69.1 Å². The summed E-state index contributed by atoms with van der Waals surface area (Å²) in [5, 5.41) is 10.4. The van der Waals surface area contributed by atoms with E-state index in [1.54, 1.807) is 20.1 Å². The van der Waals surface area contributed by atoms with Gasteiger partial charge in [-0.15, -0.1) is 5.10 Å². The number of nitrogens with one attached hydrogen (secondary N) is 2. The van der Waals surface area contributed by atoms with Gasteiger partial charge in [0.25, 0.3) is 5.91 Å². The summed E-state index contributed by atoms with van der Waals surface area (Å²) < 4.78 is 65.9. The second-order valence-corrected chi connectivity index (χ2v) is 13.2. The van der Waals surface area contributed by atoms with E-state index in [-0.39, 0.29) is 39.8 Å². The van der Waals surface area contributed by atoms with Crippen molar-refractivity contribution in [1.82, 2.24) is 14.7 Å². The van der Waals surface area contributed by atoms with Crippen LogP contribution in [0.5, 0.6) is 0 Å². The zero-order valence-corrected chi connectivity index (χ0v) is 27.2. The fourth-order valence-electron chi connectivity index (χ4n) is 5.34. The first-order valence-electron chi connectivity index (χ1n) is 15.0. The number of carbonyl (C=O) groups is 2. The lowest BCUT2D eigenvalue weighted by atomic mass is 10.1. The Morgan fingerprint density at radius 1 is 0.979 bits per heavy atom. The molecule has 1 aliphatic rings. The molecule has 1 aromatic heterocycles. The molecule has 2 N–H and O–H groups in total. The van der Waals surface area contributed by atoms with Crippen molar-refractivity contribution in [1.29, 1.82) is 0 Å². The Bertz CT molecular complexity index is 1890. The number of nitrogens with zero attached hydrogens (tertiary/aromatic N) is 4. The zero-order chi connectivity index (χ0) is 33.9. The molecule has 1 amide bonds. The quantitative estimate of drug-likeness (QED) is 0.247. The SMILES string of the molecule is CCOC(=O)n1nc(NC(=O)c2ccc(N3CCN(C)CC3)cc2N[C@@H](C)COC)c2cc(S(=O)(=O)c3cc(F)cc(F)c3)ccc21. The van der Waals surface area contributed by atoms with Gasteiger partial charge in [-0.05, 0) is 69.4 Å². The number of anilines is 3. The second kappa shape index (κ2) is 14.0. The summed E-state index contributed by atoms with van der Waals surface area (Å²) >= 11 is 0. The minimum absolute atomic E-state index is 0.0355. The van der Waals surface area contributed by atoms with Crippen molar-refractivity contribution in [3.63, 3.8) is 0 Å². The predicted octanol–water partition coefficient (Wildman–Crippen LogP) is 4.60. The molecule has 2 heterocycles. The van der Waals surface area contributed by atoms with Gasteiger partial charge in [0.1, 0.15) is 11.6 Å². The highest BCUT2D eigenvalue weighted by Crippen LogP contribution is 2.32. The summed E-state index contributed by atoms with van der Waals surface area (Å²) in [4.78, 5) is 30.2. The molecule has 0 spiro atoms. The first-order valence-corrected chi connectivity index (χ1v) is 16.4. The van der Waals surface area contributed by atoms with Gasteiger partial charge in [-0.2, -0.15) is 4.68 Å². The van der Waals surface area contributed by atoms with E-state index in [2.05, 4.69) is 32.6 Å². The van der Waals surface area contributed by atoms with Gasteiger partial charge in [-0.25, -0.2) is 22.0 Å². The fourth-order valence-corrected chi connectivity index (χ4v) is 6.67. The average molecular weight is 671 g/mol. The maximum Gasteiger partial charge on any atom is 0.435 e. The Hall–Kier alpha value is -4.60. The number of amides is 1. The summed E-state index contributed by atoms with van der Waals surface area (Å²) in [5.41, 5.74) is 1.88. The summed E-state index contributed by atoms with van der Waals surface area (Å²) in [7, 11) is -0.768. The van der Waals surface area contributed by atoms with Crippen LogP contribution < -0.4 is 15.5 Å². The second-order valence-electron chi connectivity index (χ2n) is 11.2. The normalized spacial score (nSPS) is 14.6. The topological polar surface area (TPSA) is 135 Å². The van der Waals surface area contributed by atoms with E-state index >= 15 is 0 Å². The number of likely N-dealkylation sites (N-methyl/N-ethyl adjacent to an activating group) is 1. The Morgan fingerprint density at radius 3 is 2.34 bits per heavy atom. The molecule has 0 radical (unpaired) electrons. The lowest BCUT2D eigenvalue weighted by Crippen LogP contribution is -2.44. The zero-order valence-electron chi connectivity index (χ0n) is 26.4. The Kier molecular flexibility index (Phi) is 10.1. The number of fused-ring (bicyclic) bond motifs is 1. The number of ether oxygens (including phenoxy) is 2. The number of halogens is 2. The molecule has 1 aliphatic heterocycles. The van der Waals surface area contributed by atoms with E-state index in [0.717, 1.165) is 36.5 Å². The van der Waals surface area contributed by atoms with Crippen LogP contribution >= 0.6 is 0 Å². The highest BCUT2D eigenvalue weighted by molar-refractivity contribution is 7.91. The van der Waals surface area contributed by atoms with Gasteiger partial charge in [0.2, 0.25) is 9.84 Å². The van der Waals surface area contributed by atoms with E-state index in [4.69, 9.17) is 9.47 Å². The molecule has 1 fully saturated rings. The third kappa shape index (κ3) is 7.37. The molecule has 5 rings (SSSR count). The maximum atomic E-state index is 13.9. The fraction of sp³-hybridized carbons (Fsp3) is 0.344. The Balaban J connectivity index is 1.55. The minimum atomic E-state index is -4.41. The molecular weight excluding hydrogens is 634 g/mol. The van der Waals surface area contributed by atoms with Crippen molar-refractivity contribution in [2.24, 2.45) is 0 Å². The van der Waals surface area contributed by atoms with Crippen LogP contribution in [0.1, 0.15) is 24.2 Å². The van der Waals surface area contributed by atoms with Gasteiger partial charge in [0.15, 0.2) is 5.82 Å². The molecule has 0 unspecified atom stereocenters. The largest absolute Gasteiger partial charge is 0.448 e. The molecule has 0 saturated carbocycles. The molecule has 4 aromatic rings. The van der Waals surface area contributed by atoms with Crippen LogP contribution in [0.2, 0.25) is 0 Å². The summed E-state index contributed by atoms with van der Waals surface area (Å²) in [6.45, 7) is 7.36. The third-order valence-corrected chi connectivity index (χ3v) is 9.45. The number of carbonyl (C=O) groups excluding carboxylic acids is 2. The van der Waals surface area contributed by atoms with Crippen LogP contribution in [0.3, 0.4) is 0 Å². The van der Waals surface area contributed by atoms with E-state index < -0.39 is 38.4 Å². The lowest BCUT2D eigenvalue weighted by Gasteiger charge is -2.34. The highest BCUT2D eigenvalue weighted by Gasteiger charge is 2.26. The van der Waals surface area contributed by atoms with Gasteiger partial charge in [-0.1, -0.05) is 0 Å². The number of benzene rings is 3. The Labute approximate surface area is 271 Å². The Morgan fingerprint density at radius 2 is 1.68 bits per heavy atom. The molecule has 47 heavy (non-hydrogen) atoms. The minimum Gasteiger partial charge on any atom is -0.448 e. The van der Waals surface area contributed by atoms with Crippen LogP contribution in [0.4, 0.5) is 30.8 Å². The predicted molar refractivity (Wildman–Crippen MR) is 173 cm³/mol. The number of hydrogen-bond donors (Lipinski definition) is 2. The number of piperazine rings is 1. The molecule has 15 heteroatoms. The molecule has 3 aromatic carbocycles. The average Bonchev–Trinajstić information content (AvgIpc) is 3.38. The smallest absolute Gasteiger partial charge is 0.435 e. The monoisotopic (exact) mass is 670 g/mol. The molecule has 1 atom stereocenters. The summed E-state index contributed by atoms with van der Waals surface area (Å²) in [6.07, 6.45) is -0.854. The van der Waals surface area contributed by atoms with Crippen molar-refractivity contribution in [3.05, 3.63) is 71.8 Å². The van der Waals surface area contributed by atoms with Gasteiger partial charge >= 0.3 is 6.09 Å². The number of aromatic nitrogens is 2. The first-order chi connectivity index (χ1) is 22.4. The molecule has 250 valence electrons. The molecule has 0 aliphatic carbocycles. The number of rotatable bonds is 10. The van der Waals surface area contributed by atoms with Crippen LogP contribution in [0.15, 0.2) is 64.4 Å². The molecular formula is C32H36F2N6O6S. The van der Waals surface area contributed by atoms with Gasteiger partial charge < -0.3 is 29.9 Å². The van der Waals surface area contributed by atoms with Crippen molar-refractivity contribution in [3.8, 4) is 0 Å². The van der Waals surface area contributed by atoms with Crippen LogP contribution in [-0.2, 0) is 19.3 Å². The number of methoxy groups -OCH3 is 1. The molecule has 1 saturated heterocycles. The lowest BCUT2D eigenvalue weighted by molar-refractivity contribution is 0.102. The van der Waals surface area contributed by atoms with Crippen LogP contribution in [0.25, 0.3) is 10.9 Å².